The van der Waals surface area contributed by atoms with Crippen molar-refractivity contribution in [1.82, 2.24) is 4.98 Å². The molecule has 0 bridgehead atoms. The molecular formula is C13H11N3OS. The predicted molar refractivity (Wildman–Crippen MR) is 70.7 cm³/mol. The number of aryl methyl sites for hydroxylation is 1. The molecule has 0 spiro atoms. The monoisotopic (exact) mass is 257 g/mol. The van der Waals surface area contributed by atoms with Crippen LogP contribution in [0, 0.1) is 18.3 Å². The number of aromatic nitrogens is 1. The molecule has 2 aromatic rings. The van der Waals surface area contributed by atoms with Crippen molar-refractivity contribution in [2.75, 3.05) is 11.9 Å². The number of thiophene rings is 1. The lowest BCUT2D eigenvalue weighted by molar-refractivity contribution is 0.0993. The van der Waals surface area contributed by atoms with Crippen molar-refractivity contribution in [3.05, 3.63) is 46.6 Å². The molecule has 0 aliphatic heterocycles. The predicted octanol–water partition coefficient (Wildman–Crippen LogP) is 2.60. The number of rotatable bonds is 2. The van der Waals surface area contributed by atoms with Crippen molar-refractivity contribution in [2.45, 2.75) is 6.92 Å². The molecular weight excluding hydrogens is 246 g/mol. The largest absolute Gasteiger partial charge is 0.303 e. The summed E-state index contributed by atoms with van der Waals surface area (Å²) in [6.45, 7) is 1.96. The average Bonchev–Trinajstić information content (AvgIpc) is 2.83. The van der Waals surface area contributed by atoms with Gasteiger partial charge in [-0.2, -0.15) is 5.26 Å². The van der Waals surface area contributed by atoms with Gasteiger partial charge in [-0.3, -0.25) is 4.79 Å². The molecule has 0 aliphatic carbocycles. The number of hydrogen-bond acceptors (Lipinski definition) is 4. The SMILES string of the molecule is Cc1ccsc1N(C)C(=O)c1ccnc(C#N)c1. The highest BCUT2D eigenvalue weighted by molar-refractivity contribution is 7.14. The molecule has 0 unspecified atom stereocenters. The first-order chi connectivity index (χ1) is 8.63. The van der Waals surface area contributed by atoms with Gasteiger partial charge >= 0.3 is 0 Å². The van der Waals surface area contributed by atoms with E-state index in [0.29, 0.717) is 5.56 Å². The van der Waals surface area contributed by atoms with Crippen molar-refractivity contribution < 1.29 is 4.79 Å². The van der Waals surface area contributed by atoms with E-state index in [1.165, 1.54) is 23.6 Å². The molecule has 1 amide bonds. The Balaban J connectivity index is 2.32. The Bertz CT molecular complexity index is 627. The lowest BCUT2D eigenvalue weighted by Crippen LogP contribution is -2.26. The van der Waals surface area contributed by atoms with Crippen LogP contribution in [-0.2, 0) is 0 Å². The van der Waals surface area contributed by atoms with Crippen LogP contribution in [-0.4, -0.2) is 17.9 Å². The zero-order valence-corrected chi connectivity index (χ0v) is 10.9. The van der Waals surface area contributed by atoms with Crippen LogP contribution >= 0.6 is 11.3 Å². The number of pyridine rings is 1. The molecule has 0 radical (unpaired) electrons. The number of nitrogens with zero attached hydrogens (tertiary/aromatic N) is 3. The summed E-state index contributed by atoms with van der Waals surface area (Å²) >= 11 is 1.52. The molecule has 2 rings (SSSR count). The molecule has 5 heteroatoms. The van der Waals surface area contributed by atoms with Gasteiger partial charge in [0, 0.05) is 18.8 Å². The summed E-state index contributed by atoms with van der Waals surface area (Å²) in [7, 11) is 1.73. The van der Waals surface area contributed by atoms with Gasteiger partial charge < -0.3 is 4.90 Å². The molecule has 0 N–H and O–H groups in total. The Kier molecular flexibility index (Phi) is 3.40. The fraction of sp³-hybridized carbons (Fsp3) is 0.154. The summed E-state index contributed by atoms with van der Waals surface area (Å²) in [5.74, 6) is -0.139. The average molecular weight is 257 g/mol. The molecule has 2 heterocycles. The van der Waals surface area contributed by atoms with E-state index in [9.17, 15) is 4.79 Å². The van der Waals surface area contributed by atoms with E-state index >= 15 is 0 Å². The summed E-state index contributed by atoms with van der Waals surface area (Å²) in [5, 5.41) is 11.6. The minimum Gasteiger partial charge on any atom is -0.303 e. The van der Waals surface area contributed by atoms with E-state index in [4.69, 9.17) is 5.26 Å². The summed E-state index contributed by atoms with van der Waals surface area (Å²) in [6, 6.07) is 7.01. The lowest BCUT2D eigenvalue weighted by atomic mass is 10.2. The van der Waals surface area contributed by atoms with Crippen molar-refractivity contribution in [1.29, 1.82) is 5.26 Å². The van der Waals surface area contributed by atoms with Gasteiger partial charge in [-0.1, -0.05) is 0 Å². The lowest BCUT2D eigenvalue weighted by Gasteiger charge is -2.16. The Morgan fingerprint density at radius 2 is 2.28 bits per heavy atom. The topological polar surface area (TPSA) is 57.0 Å². The molecule has 0 aromatic carbocycles. The third-order valence-corrected chi connectivity index (χ3v) is 3.66. The van der Waals surface area contributed by atoms with Gasteiger partial charge in [0.05, 0.1) is 0 Å². The van der Waals surface area contributed by atoms with Crippen molar-refractivity contribution in [3.8, 4) is 6.07 Å². The summed E-state index contributed by atoms with van der Waals surface area (Å²) < 4.78 is 0. The number of nitriles is 1. The van der Waals surface area contributed by atoms with Gasteiger partial charge in [-0.25, -0.2) is 4.98 Å². The van der Waals surface area contributed by atoms with Crippen LogP contribution in [0.1, 0.15) is 21.6 Å². The quantitative estimate of drug-likeness (QED) is 0.831. The summed E-state index contributed by atoms with van der Waals surface area (Å²) in [6.07, 6.45) is 1.47. The van der Waals surface area contributed by atoms with Crippen LogP contribution in [0.2, 0.25) is 0 Å². The fourth-order valence-electron chi connectivity index (χ4n) is 1.62. The zero-order chi connectivity index (χ0) is 13.1. The highest BCUT2D eigenvalue weighted by Gasteiger charge is 2.16. The molecule has 0 saturated carbocycles. The van der Waals surface area contributed by atoms with E-state index in [0.717, 1.165) is 10.6 Å². The number of anilines is 1. The standard InChI is InChI=1S/C13H11N3OS/c1-9-4-6-18-13(9)16(2)12(17)10-3-5-15-11(7-10)8-14/h3-7H,1-2H3. The second-order valence-electron chi connectivity index (χ2n) is 3.81. The van der Waals surface area contributed by atoms with Crippen molar-refractivity contribution in [3.63, 3.8) is 0 Å². The van der Waals surface area contributed by atoms with Crippen LogP contribution in [0.5, 0.6) is 0 Å². The number of hydrogen-bond donors (Lipinski definition) is 0. The van der Waals surface area contributed by atoms with Gasteiger partial charge in [-0.05, 0) is 36.1 Å². The van der Waals surface area contributed by atoms with Gasteiger partial charge in [0.15, 0.2) is 0 Å². The molecule has 2 aromatic heterocycles. The Morgan fingerprint density at radius 1 is 1.50 bits per heavy atom. The molecule has 0 aliphatic rings. The molecule has 4 nitrogen and oxygen atoms in total. The first-order valence-electron chi connectivity index (χ1n) is 5.32. The number of amides is 1. The Hall–Kier alpha value is -2.19. The molecule has 0 saturated heterocycles. The van der Waals surface area contributed by atoms with E-state index in [-0.39, 0.29) is 11.6 Å². The fourth-order valence-corrected chi connectivity index (χ4v) is 2.51. The van der Waals surface area contributed by atoms with Gasteiger partial charge in [0.2, 0.25) is 0 Å². The van der Waals surface area contributed by atoms with Crippen LogP contribution in [0.25, 0.3) is 0 Å². The van der Waals surface area contributed by atoms with Crippen molar-refractivity contribution >= 4 is 22.2 Å². The maximum atomic E-state index is 12.3. The molecule has 0 fully saturated rings. The number of carbonyl (C=O) groups is 1. The van der Waals surface area contributed by atoms with Crippen molar-refractivity contribution in [2.24, 2.45) is 0 Å². The van der Waals surface area contributed by atoms with Gasteiger partial charge in [0.25, 0.3) is 5.91 Å². The Labute approximate surface area is 109 Å². The van der Waals surface area contributed by atoms with Crippen LogP contribution in [0.15, 0.2) is 29.8 Å². The van der Waals surface area contributed by atoms with E-state index in [1.807, 2.05) is 24.4 Å². The van der Waals surface area contributed by atoms with Gasteiger partial charge in [-0.15, -0.1) is 11.3 Å². The first-order valence-corrected chi connectivity index (χ1v) is 6.19. The van der Waals surface area contributed by atoms with Crippen LogP contribution in [0.3, 0.4) is 0 Å². The van der Waals surface area contributed by atoms with E-state index < -0.39 is 0 Å². The maximum absolute atomic E-state index is 12.3. The first kappa shape index (κ1) is 12.3. The molecule has 0 atom stereocenters. The van der Waals surface area contributed by atoms with Crippen LogP contribution in [0.4, 0.5) is 5.00 Å². The second kappa shape index (κ2) is 4.98. The Morgan fingerprint density at radius 3 is 2.89 bits per heavy atom. The highest BCUT2D eigenvalue weighted by atomic mass is 32.1. The minimum atomic E-state index is -0.139. The smallest absolute Gasteiger partial charge is 0.258 e. The maximum Gasteiger partial charge on any atom is 0.258 e. The van der Waals surface area contributed by atoms with Gasteiger partial charge in [0.1, 0.15) is 16.8 Å². The summed E-state index contributed by atoms with van der Waals surface area (Å²) in [5.41, 5.74) is 1.78. The number of carbonyl (C=O) groups excluding carboxylic acids is 1. The second-order valence-corrected chi connectivity index (χ2v) is 4.71. The molecule has 90 valence electrons. The molecule has 18 heavy (non-hydrogen) atoms. The minimum absolute atomic E-state index is 0.139. The van der Waals surface area contributed by atoms with E-state index in [2.05, 4.69) is 4.98 Å². The normalized spacial score (nSPS) is 9.83. The van der Waals surface area contributed by atoms with E-state index in [1.54, 1.807) is 18.0 Å². The van der Waals surface area contributed by atoms with Crippen LogP contribution < -0.4 is 4.90 Å². The third kappa shape index (κ3) is 2.24. The highest BCUT2D eigenvalue weighted by Crippen LogP contribution is 2.26. The summed E-state index contributed by atoms with van der Waals surface area (Å²) in [4.78, 5) is 17.7. The third-order valence-electron chi connectivity index (χ3n) is 2.57. The zero-order valence-electron chi connectivity index (χ0n) is 10.0.